The highest BCUT2D eigenvalue weighted by Crippen LogP contribution is 2.31. The minimum atomic E-state index is 0.164. The van der Waals surface area contributed by atoms with E-state index in [-0.39, 0.29) is 5.91 Å². The molecule has 136 valence electrons. The van der Waals surface area contributed by atoms with Crippen LogP contribution in [-0.4, -0.2) is 74.5 Å². The van der Waals surface area contributed by atoms with Gasteiger partial charge in [0.2, 0.25) is 5.91 Å². The fraction of sp³-hybridized carbons (Fsp3) is 0.889. The predicted molar refractivity (Wildman–Crippen MR) is 97.0 cm³/mol. The SMILES string of the molecule is CN=C(NCC1CCN(C2CC2)C1)N1CCC(CC(=O)NC)CC1. The molecule has 1 saturated carbocycles. The van der Waals surface area contributed by atoms with Gasteiger partial charge in [-0.15, -0.1) is 0 Å². The van der Waals surface area contributed by atoms with E-state index in [1.807, 2.05) is 7.05 Å². The van der Waals surface area contributed by atoms with Crippen LogP contribution < -0.4 is 10.6 Å². The largest absolute Gasteiger partial charge is 0.359 e. The Morgan fingerprint density at radius 2 is 1.79 bits per heavy atom. The van der Waals surface area contributed by atoms with Crippen molar-refractivity contribution in [1.82, 2.24) is 20.4 Å². The van der Waals surface area contributed by atoms with Gasteiger partial charge in [0.05, 0.1) is 0 Å². The Bertz CT molecular complexity index is 454. The number of aliphatic imine (C=N–C) groups is 1. The molecule has 6 heteroatoms. The Hall–Kier alpha value is -1.30. The first-order valence-electron chi connectivity index (χ1n) is 9.59. The Balaban J connectivity index is 1.38. The maximum Gasteiger partial charge on any atom is 0.220 e. The Kier molecular flexibility index (Phi) is 5.98. The second-order valence-electron chi connectivity index (χ2n) is 7.62. The molecule has 24 heavy (non-hydrogen) atoms. The first kappa shape index (κ1) is 17.5. The Labute approximate surface area is 146 Å². The third-order valence-electron chi connectivity index (χ3n) is 5.81. The average Bonchev–Trinajstić information content (AvgIpc) is 3.35. The van der Waals surface area contributed by atoms with Crippen molar-refractivity contribution in [3.05, 3.63) is 0 Å². The standard InChI is InChI=1S/C18H33N5O/c1-19-17(24)11-14-5-8-22(9-6-14)18(20-2)21-12-15-7-10-23(13-15)16-3-4-16/h14-16H,3-13H2,1-2H3,(H,19,24)(H,20,21). The molecule has 1 atom stereocenters. The number of nitrogens with zero attached hydrogens (tertiary/aromatic N) is 3. The molecule has 2 N–H and O–H groups in total. The molecule has 1 aliphatic carbocycles. The fourth-order valence-corrected chi connectivity index (χ4v) is 4.08. The van der Waals surface area contributed by atoms with Gasteiger partial charge in [-0.05, 0) is 50.5 Å². The second-order valence-corrected chi connectivity index (χ2v) is 7.62. The van der Waals surface area contributed by atoms with Crippen molar-refractivity contribution >= 4 is 11.9 Å². The first-order chi connectivity index (χ1) is 11.7. The van der Waals surface area contributed by atoms with Crippen molar-refractivity contribution in [2.75, 3.05) is 46.8 Å². The summed E-state index contributed by atoms with van der Waals surface area (Å²) >= 11 is 0. The minimum Gasteiger partial charge on any atom is -0.359 e. The molecule has 1 unspecified atom stereocenters. The molecule has 2 heterocycles. The van der Waals surface area contributed by atoms with E-state index >= 15 is 0 Å². The zero-order chi connectivity index (χ0) is 16.9. The summed E-state index contributed by atoms with van der Waals surface area (Å²) in [5.74, 6) is 2.48. The normalized spacial score (nSPS) is 26.7. The van der Waals surface area contributed by atoms with Crippen molar-refractivity contribution in [3.8, 4) is 0 Å². The van der Waals surface area contributed by atoms with Crippen LogP contribution in [0.4, 0.5) is 0 Å². The fourth-order valence-electron chi connectivity index (χ4n) is 4.08. The number of nitrogens with one attached hydrogen (secondary N) is 2. The van der Waals surface area contributed by atoms with Crippen LogP contribution in [0.15, 0.2) is 4.99 Å². The van der Waals surface area contributed by atoms with Gasteiger partial charge in [0, 0.05) is 52.7 Å². The van der Waals surface area contributed by atoms with Gasteiger partial charge in [-0.3, -0.25) is 9.79 Å². The third-order valence-corrected chi connectivity index (χ3v) is 5.81. The van der Waals surface area contributed by atoms with E-state index < -0.39 is 0 Å². The van der Waals surface area contributed by atoms with E-state index in [4.69, 9.17) is 0 Å². The van der Waals surface area contributed by atoms with Gasteiger partial charge >= 0.3 is 0 Å². The summed E-state index contributed by atoms with van der Waals surface area (Å²) < 4.78 is 0. The van der Waals surface area contributed by atoms with Gasteiger partial charge in [0.25, 0.3) is 0 Å². The molecular weight excluding hydrogens is 302 g/mol. The zero-order valence-corrected chi connectivity index (χ0v) is 15.3. The van der Waals surface area contributed by atoms with Crippen LogP contribution in [0.1, 0.15) is 38.5 Å². The highest BCUT2D eigenvalue weighted by molar-refractivity contribution is 5.80. The maximum atomic E-state index is 11.5. The number of amides is 1. The number of piperidine rings is 1. The molecule has 0 bridgehead atoms. The van der Waals surface area contributed by atoms with Gasteiger partial charge in [0.1, 0.15) is 0 Å². The number of hydrogen-bond donors (Lipinski definition) is 2. The number of rotatable bonds is 5. The van der Waals surface area contributed by atoms with Crippen LogP contribution in [0.2, 0.25) is 0 Å². The van der Waals surface area contributed by atoms with Crippen molar-refractivity contribution in [1.29, 1.82) is 0 Å². The van der Waals surface area contributed by atoms with E-state index in [1.165, 1.54) is 32.4 Å². The molecule has 0 aromatic carbocycles. The van der Waals surface area contributed by atoms with Crippen LogP contribution in [0.5, 0.6) is 0 Å². The van der Waals surface area contributed by atoms with E-state index in [0.29, 0.717) is 12.3 Å². The highest BCUT2D eigenvalue weighted by atomic mass is 16.1. The van der Waals surface area contributed by atoms with Crippen LogP contribution in [0.3, 0.4) is 0 Å². The van der Waals surface area contributed by atoms with Gasteiger partial charge < -0.3 is 20.4 Å². The molecular formula is C18H33N5O. The van der Waals surface area contributed by atoms with Crippen molar-refractivity contribution < 1.29 is 4.79 Å². The molecule has 3 rings (SSSR count). The van der Waals surface area contributed by atoms with Crippen LogP contribution in [0, 0.1) is 11.8 Å². The van der Waals surface area contributed by atoms with Crippen molar-refractivity contribution in [2.45, 2.75) is 44.6 Å². The van der Waals surface area contributed by atoms with E-state index in [9.17, 15) is 4.79 Å². The van der Waals surface area contributed by atoms with Gasteiger partial charge in [0.15, 0.2) is 5.96 Å². The third kappa shape index (κ3) is 4.62. The zero-order valence-electron chi connectivity index (χ0n) is 15.3. The summed E-state index contributed by atoms with van der Waals surface area (Å²) in [4.78, 5) is 21.0. The lowest BCUT2D eigenvalue weighted by Crippen LogP contribution is -2.47. The summed E-state index contributed by atoms with van der Waals surface area (Å²) in [5.41, 5.74) is 0. The van der Waals surface area contributed by atoms with Gasteiger partial charge in [-0.25, -0.2) is 0 Å². The van der Waals surface area contributed by atoms with E-state index in [2.05, 4.69) is 25.4 Å². The number of carbonyl (C=O) groups is 1. The summed E-state index contributed by atoms with van der Waals surface area (Å²) in [5, 5.41) is 6.33. The van der Waals surface area contributed by atoms with Crippen molar-refractivity contribution in [3.63, 3.8) is 0 Å². The average molecular weight is 335 g/mol. The summed E-state index contributed by atoms with van der Waals surface area (Å²) in [6.07, 6.45) is 6.95. The van der Waals surface area contributed by atoms with E-state index in [0.717, 1.165) is 50.4 Å². The monoisotopic (exact) mass is 335 g/mol. The molecule has 6 nitrogen and oxygen atoms in total. The molecule has 0 spiro atoms. The van der Waals surface area contributed by atoms with Crippen LogP contribution in [-0.2, 0) is 4.79 Å². The lowest BCUT2D eigenvalue weighted by molar-refractivity contribution is -0.121. The molecule has 1 amide bonds. The topological polar surface area (TPSA) is 60.0 Å². The number of likely N-dealkylation sites (tertiary alicyclic amines) is 2. The Morgan fingerprint density at radius 3 is 2.42 bits per heavy atom. The molecule has 0 aromatic heterocycles. The van der Waals surface area contributed by atoms with Crippen LogP contribution >= 0.6 is 0 Å². The summed E-state index contributed by atoms with van der Waals surface area (Å²) in [6.45, 7) is 5.57. The van der Waals surface area contributed by atoms with E-state index in [1.54, 1.807) is 7.05 Å². The highest BCUT2D eigenvalue weighted by Gasteiger charge is 2.34. The Morgan fingerprint density at radius 1 is 1.08 bits per heavy atom. The molecule has 0 radical (unpaired) electrons. The van der Waals surface area contributed by atoms with Crippen LogP contribution in [0.25, 0.3) is 0 Å². The quantitative estimate of drug-likeness (QED) is 0.579. The predicted octanol–water partition coefficient (Wildman–Crippen LogP) is 0.894. The molecule has 2 saturated heterocycles. The van der Waals surface area contributed by atoms with Gasteiger partial charge in [-0.1, -0.05) is 0 Å². The minimum absolute atomic E-state index is 0.164. The number of hydrogen-bond acceptors (Lipinski definition) is 3. The molecule has 2 aliphatic heterocycles. The smallest absolute Gasteiger partial charge is 0.220 e. The molecule has 3 aliphatic rings. The molecule has 0 aromatic rings. The second kappa shape index (κ2) is 8.19. The lowest BCUT2D eigenvalue weighted by Gasteiger charge is -2.34. The van der Waals surface area contributed by atoms with Crippen molar-refractivity contribution in [2.24, 2.45) is 16.8 Å². The number of carbonyl (C=O) groups excluding carboxylic acids is 1. The maximum absolute atomic E-state index is 11.5. The summed E-state index contributed by atoms with van der Waals surface area (Å²) in [6, 6.07) is 0.897. The first-order valence-corrected chi connectivity index (χ1v) is 9.59. The summed E-state index contributed by atoms with van der Waals surface area (Å²) in [7, 11) is 3.60. The number of guanidine groups is 1. The van der Waals surface area contributed by atoms with Gasteiger partial charge in [-0.2, -0.15) is 0 Å². The molecule has 3 fully saturated rings. The lowest BCUT2D eigenvalue weighted by atomic mass is 9.93.